The fourth-order valence-corrected chi connectivity index (χ4v) is 3.51. The predicted molar refractivity (Wildman–Crippen MR) is 98.4 cm³/mol. The summed E-state index contributed by atoms with van der Waals surface area (Å²) >= 11 is 5.87. The van der Waals surface area contributed by atoms with Gasteiger partial charge in [-0.1, -0.05) is 42.8 Å². The van der Waals surface area contributed by atoms with Crippen molar-refractivity contribution in [3.8, 4) is 0 Å². The summed E-state index contributed by atoms with van der Waals surface area (Å²) in [5.41, 5.74) is 2.74. The Morgan fingerprint density at radius 2 is 2.04 bits per heavy atom. The second-order valence-electron chi connectivity index (χ2n) is 6.39. The Labute approximate surface area is 152 Å². The Hall–Kier alpha value is -1.91. The van der Waals surface area contributed by atoms with Crippen LogP contribution in [0.1, 0.15) is 34.8 Å². The molecular formula is C20H22ClFN2O. The van der Waals surface area contributed by atoms with Crippen molar-refractivity contribution in [2.24, 2.45) is 0 Å². The summed E-state index contributed by atoms with van der Waals surface area (Å²) in [5, 5.41) is 3.21. The van der Waals surface area contributed by atoms with E-state index in [4.69, 9.17) is 11.6 Å². The molecule has 1 aliphatic heterocycles. The molecule has 1 amide bonds. The van der Waals surface area contributed by atoms with Gasteiger partial charge in [0.25, 0.3) is 5.91 Å². The molecule has 1 N–H and O–H groups in total. The van der Waals surface area contributed by atoms with E-state index in [2.05, 4.69) is 41.4 Å². The summed E-state index contributed by atoms with van der Waals surface area (Å²) in [5.74, 6) is -0.974. The first-order chi connectivity index (χ1) is 12.1. The molecule has 3 rings (SSSR count). The second-order valence-corrected chi connectivity index (χ2v) is 6.82. The number of carbonyl (C=O) groups excluding carboxylic acids is 1. The van der Waals surface area contributed by atoms with Gasteiger partial charge in [0.1, 0.15) is 5.82 Å². The van der Waals surface area contributed by atoms with E-state index in [1.165, 1.54) is 29.3 Å². The number of hydrogen-bond donors (Lipinski definition) is 1. The zero-order valence-electron chi connectivity index (χ0n) is 14.3. The van der Waals surface area contributed by atoms with Crippen LogP contribution in [0.25, 0.3) is 0 Å². The van der Waals surface area contributed by atoms with E-state index in [0.717, 1.165) is 25.9 Å². The van der Waals surface area contributed by atoms with Crippen molar-refractivity contribution in [2.45, 2.75) is 32.4 Å². The molecule has 5 heteroatoms. The standard InChI is InChI=1S/C20H22ClFN2O/c1-2-17(24-10-9-14-5-3-4-6-15(14)13-24)12-23-20(25)18-11-16(21)7-8-19(18)22/h3-8,11,17H,2,9-10,12-13H2,1H3,(H,23,25). The van der Waals surface area contributed by atoms with Crippen LogP contribution in [0.3, 0.4) is 0 Å². The molecule has 1 heterocycles. The van der Waals surface area contributed by atoms with Gasteiger partial charge in [-0.15, -0.1) is 0 Å². The molecule has 0 bridgehead atoms. The maximum atomic E-state index is 13.8. The summed E-state index contributed by atoms with van der Waals surface area (Å²) in [6.07, 6.45) is 1.93. The molecule has 0 spiro atoms. The van der Waals surface area contributed by atoms with Crippen LogP contribution in [0.2, 0.25) is 5.02 Å². The van der Waals surface area contributed by atoms with Crippen LogP contribution in [0, 0.1) is 5.82 Å². The number of benzene rings is 2. The van der Waals surface area contributed by atoms with Gasteiger partial charge in [-0.3, -0.25) is 9.69 Å². The Kier molecular flexibility index (Phi) is 5.71. The highest BCUT2D eigenvalue weighted by Crippen LogP contribution is 2.21. The van der Waals surface area contributed by atoms with Gasteiger partial charge in [-0.2, -0.15) is 0 Å². The molecule has 0 radical (unpaired) electrons. The molecule has 0 saturated carbocycles. The van der Waals surface area contributed by atoms with Crippen molar-refractivity contribution in [1.82, 2.24) is 10.2 Å². The van der Waals surface area contributed by atoms with Gasteiger partial charge in [0.15, 0.2) is 0 Å². The largest absolute Gasteiger partial charge is 0.350 e. The first-order valence-corrected chi connectivity index (χ1v) is 9.00. The van der Waals surface area contributed by atoms with Crippen molar-refractivity contribution < 1.29 is 9.18 Å². The van der Waals surface area contributed by atoms with Gasteiger partial charge in [0.2, 0.25) is 0 Å². The summed E-state index contributed by atoms with van der Waals surface area (Å²) in [6, 6.07) is 12.7. The molecule has 1 unspecified atom stereocenters. The number of carbonyl (C=O) groups is 1. The van der Waals surface area contributed by atoms with E-state index in [1.54, 1.807) is 0 Å². The van der Waals surface area contributed by atoms with Crippen molar-refractivity contribution >= 4 is 17.5 Å². The highest BCUT2D eigenvalue weighted by Gasteiger charge is 2.23. The van der Waals surface area contributed by atoms with Crippen LogP contribution in [0.4, 0.5) is 4.39 Å². The maximum Gasteiger partial charge on any atom is 0.254 e. The minimum absolute atomic E-state index is 0.00802. The Bertz CT molecular complexity index is 765. The molecule has 3 nitrogen and oxygen atoms in total. The quantitative estimate of drug-likeness (QED) is 0.872. The third-order valence-electron chi connectivity index (χ3n) is 4.82. The van der Waals surface area contributed by atoms with Crippen LogP contribution >= 0.6 is 11.6 Å². The summed E-state index contributed by atoms with van der Waals surface area (Å²) in [6.45, 7) is 4.45. The van der Waals surface area contributed by atoms with Gasteiger partial charge in [0.05, 0.1) is 5.56 Å². The molecule has 2 aromatic rings. The third-order valence-corrected chi connectivity index (χ3v) is 5.05. The van der Waals surface area contributed by atoms with E-state index < -0.39 is 11.7 Å². The van der Waals surface area contributed by atoms with E-state index in [0.29, 0.717) is 11.6 Å². The van der Waals surface area contributed by atoms with Crippen molar-refractivity contribution in [3.63, 3.8) is 0 Å². The molecule has 0 aliphatic carbocycles. The Morgan fingerprint density at radius 3 is 2.80 bits per heavy atom. The van der Waals surface area contributed by atoms with E-state index in [1.807, 2.05) is 0 Å². The van der Waals surface area contributed by atoms with Crippen LogP contribution in [-0.2, 0) is 13.0 Å². The SMILES string of the molecule is CCC(CNC(=O)c1cc(Cl)ccc1F)N1CCc2ccccc2C1. The number of rotatable bonds is 5. The van der Waals surface area contributed by atoms with Crippen LogP contribution in [0.15, 0.2) is 42.5 Å². The normalized spacial score (nSPS) is 15.5. The lowest BCUT2D eigenvalue weighted by Gasteiger charge is -2.35. The van der Waals surface area contributed by atoms with Crippen LogP contribution in [-0.4, -0.2) is 29.9 Å². The smallest absolute Gasteiger partial charge is 0.254 e. The number of fused-ring (bicyclic) bond motifs is 1. The highest BCUT2D eigenvalue weighted by molar-refractivity contribution is 6.31. The molecule has 1 atom stereocenters. The van der Waals surface area contributed by atoms with Crippen LogP contribution < -0.4 is 5.32 Å². The zero-order valence-corrected chi connectivity index (χ0v) is 15.0. The third kappa shape index (κ3) is 4.20. The molecule has 0 saturated heterocycles. The fraction of sp³-hybridized carbons (Fsp3) is 0.350. The van der Waals surface area contributed by atoms with Crippen LogP contribution in [0.5, 0.6) is 0 Å². The van der Waals surface area contributed by atoms with Gasteiger partial charge in [-0.05, 0) is 42.2 Å². The molecule has 2 aromatic carbocycles. The van der Waals surface area contributed by atoms with Gasteiger partial charge < -0.3 is 5.32 Å². The van der Waals surface area contributed by atoms with Crippen molar-refractivity contribution in [2.75, 3.05) is 13.1 Å². The first kappa shape index (κ1) is 17.9. The Morgan fingerprint density at radius 1 is 1.28 bits per heavy atom. The van der Waals surface area contributed by atoms with Gasteiger partial charge in [-0.25, -0.2) is 4.39 Å². The van der Waals surface area contributed by atoms with E-state index in [9.17, 15) is 9.18 Å². The molecular weight excluding hydrogens is 339 g/mol. The molecule has 25 heavy (non-hydrogen) atoms. The van der Waals surface area contributed by atoms with E-state index >= 15 is 0 Å². The topological polar surface area (TPSA) is 32.3 Å². The second kappa shape index (κ2) is 7.98. The average Bonchev–Trinajstić information content (AvgIpc) is 2.64. The Balaban J connectivity index is 1.63. The number of nitrogens with one attached hydrogen (secondary N) is 1. The van der Waals surface area contributed by atoms with Crippen molar-refractivity contribution in [1.29, 1.82) is 0 Å². The average molecular weight is 361 g/mol. The number of amides is 1. The summed E-state index contributed by atoms with van der Waals surface area (Å²) in [4.78, 5) is 14.7. The van der Waals surface area contributed by atoms with Gasteiger partial charge in [0, 0.05) is 30.7 Å². The molecule has 0 fully saturated rings. The molecule has 0 aromatic heterocycles. The minimum Gasteiger partial charge on any atom is -0.350 e. The minimum atomic E-state index is -0.554. The predicted octanol–water partition coefficient (Wildman–Crippen LogP) is 4.05. The van der Waals surface area contributed by atoms with Crippen molar-refractivity contribution in [3.05, 3.63) is 70.0 Å². The lowest BCUT2D eigenvalue weighted by atomic mass is 9.98. The fourth-order valence-electron chi connectivity index (χ4n) is 3.34. The summed E-state index contributed by atoms with van der Waals surface area (Å²) in [7, 11) is 0. The highest BCUT2D eigenvalue weighted by atomic mass is 35.5. The number of halogens is 2. The number of hydrogen-bond acceptors (Lipinski definition) is 2. The lowest BCUT2D eigenvalue weighted by Crippen LogP contribution is -2.45. The summed E-state index contributed by atoms with van der Waals surface area (Å²) < 4.78 is 13.8. The number of nitrogens with zero attached hydrogens (tertiary/aromatic N) is 1. The lowest BCUT2D eigenvalue weighted by molar-refractivity contribution is 0.0922. The zero-order chi connectivity index (χ0) is 17.8. The van der Waals surface area contributed by atoms with E-state index in [-0.39, 0.29) is 11.6 Å². The monoisotopic (exact) mass is 360 g/mol. The molecule has 1 aliphatic rings. The maximum absolute atomic E-state index is 13.8. The first-order valence-electron chi connectivity index (χ1n) is 8.62. The molecule has 132 valence electrons. The van der Waals surface area contributed by atoms with Gasteiger partial charge >= 0.3 is 0 Å².